The van der Waals surface area contributed by atoms with E-state index in [9.17, 15) is 0 Å². The first kappa shape index (κ1) is 14.6. The van der Waals surface area contributed by atoms with Gasteiger partial charge in [0.2, 0.25) is 0 Å². The van der Waals surface area contributed by atoms with Crippen LogP contribution in [-0.2, 0) is 0 Å². The molecule has 15 heavy (non-hydrogen) atoms. The molecular weight excluding hydrogens is 192 g/mol. The molecule has 0 saturated heterocycles. The molecule has 0 aromatic carbocycles. The summed E-state index contributed by atoms with van der Waals surface area (Å²) in [5.74, 6) is -0.0818. The Morgan fingerprint density at radius 2 is 1.93 bits per heavy atom. The molecule has 0 aliphatic carbocycles. The van der Waals surface area contributed by atoms with Gasteiger partial charge in [-0.05, 0) is 24.8 Å². The molecule has 0 aliphatic rings. The maximum Gasteiger partial charge on any atom is 0.0645 e. The lowest BCUT2D eigenvalue weighted by Crippen LogP contribution is -2.14. The molecule has 0 aromatic rings. The van der Waals surface area contributed by atoms with Crippen LogP contribution in [0.15, 0.2) is 11.6 Å². The van der Waals surface area contributed by atoms with E-state index >= 15 is 0 Å². The standard InChI is InChI=1S/C12H24O3/c1-2-3-4-5-6-11(9-14)12(10-15)7-8-13/h6,12-15H,2-5,7-10H2,1H3/b11-6-. The highest BCUT2D eigenvalue weighted by molar-refractivity contribution is 5.07. The van der Waals surface area contributed by atoms with Gasteiger partial charge in [-0.1, -0.05) is 25.8 Å². The lowest BCUT2D eigenvalue weighted by atomic mass is 9.95. The van der Waals surface area contributed by atoms with Crippen molar-refractivity contribution < 1.29 is 15.3 Å². The minimum atomic E-state index is -0.0818. The van der Waals surface area contributed by atoms with E-state index < -0.39 is 0 Å². The second-order valence-electron chi connectivity index (χ2n) is 3.82. The summed E-state index contributed by atoms with van der Waals surface area (Å²) in [6, 6.07) is 0. The molecule has 0 amide bonds. The third-order valence-electron chi connectivity index (χ3n) is 2.62. The van der Waals surface area contributed by atoms with Crippen molar-refractivity contribution in [1.29, 1.82) is 0 Å². The maximum atomic E-state index is 9.15. The van der Waals surface area contributed by atoms with Crippen LogP contribution in [0.5, 0.6) is 0 Å². The summed E-state index contributed by atoms with van der Waals surface area (Å²) in [5.41, 5.74) is 0.864. The predicted molar refractivity (Wildman–Crippen MR) is 61.6 cm³/mol. The third kappa shape index (κ3) is 6.66. The number of allylic oxidation sites excluding steroid dienone is 1. The summed E-state index contributed by atoms with van der Waals surface area (Å²) >= 11 is 0. The second-order valence-corrected chi connectivity index (χ2v) is 3.82. The molecule has 90 valence electrons. The van der Waals surface area contributed by atoms with Crippen LogP contribution in [0.25, 0.3) is 0 Å². The van der Waals surface area contributed by atoms with Crippen LogP contribution >= 0.6 is 0 Å². The normalized spacial score (nSPS) is 14.3. The van der Waals surface area contributed by atoms with E-state index in [0.29, 0.717) is 6.42 Å². The molecule has 0 aromatic heterocycles. The zero-order valence-electron chi connectivity index (χ0n) is 9.65. The smallest absolute Gasteiger partial charge is 0.0645 e. The Labute approximate surface area is 92.4 Å². The quantitative estimate of drug-likeness (QED) is 0.404. The van der Waals surface area contributed by atoms with Gasteiger partial charge in [-0.2, -0.15) is 0 Å². The van der Waals surface area contributed by atoms with Crippen LogP contribution in [-0.4, -0.2) is 35.1 Å². The highest BCUT2D eigenvalue weighted by Crippen LogP contribution is 2.15. The number of rotatable bonds is 9. The SMILES string of the molecule is CCCCC/C=C(/CO)C(CO)CCO. The Kier molecular flexibility index (Phi) is 9.89. The highest BCUT2D eigenvalue weighted by atomic mass is 16.3. The molecule has 3 nitrogen and oxygen atoms in total. The van der Waals surface area contributed by atoms with Crippen LogP contribution in [0.1, 0.15) is 39.0 Å². The first-order valence-corrected chi connectivity index (χ1v) is 5.81. The van der Waals surface area contributed by atoms with Crippen LogP contribution in [0.4, 0.5) is 0 Å². The fourth-order valence-corrected chi connectivity index (χ4v) is 1.59. The molecular formula is C12H24O3. The van der Waals surface area contributed by atoms with E-state index in [-0.39, 0.29) is 25.7 Å². The minimum Gasteiger partial charge on any atom is -0.396 e. The van der Waals surface area contributed by atoms with Crippen LogP contribution in [0.3, 0.4) is 0 Å². The molecule has 0 heterocycles. The molecule has 0 aliphatic heterocycles. The lowest BCUT2D eigenvalue weighted by molar-refractivity contribution is 0.189. The van der Waals surface area contributed by atoms with E-state index in [2.05, 4.69) is 6.92 Å². The summed E-state index contributed by atoms with van der Waals surface area (Å²) in [6.07, 6.45) is 6.98. The molecule has 0 fully saturated rings. The number of hydrogen-bond acceptors (Lipinski definition) is 3. The Balaban J connectivity index is 4.05. The van der Waals surface area contributed by atoms with Crippen molar-refractivity contribution in [2.45, 2.75) is 39.0 Å². The van der Waals surface area contributed by atoms with Gasteiger partial charge in [0.25, 0.3) is 0 Å². The van der Waals surface area contributed by atoms with Gasteiger partial charge < -0.3 is 15.3 Å². The molecule has 0 radical (unpaired) electrons. The largest absolute Gasteiger partial charge is 0.396 e. The van der Waals surface area contributed by atoms with Crippen molar-refractivity contribution in [3.05, 3.63) is 11.6 Å². The van der Waals surface area contributed by atoms with Gasteiger partial charge in [0, 0.05) is 19.1 Å². The van der Waals surface area contributed by atoms with Crippen LogP contribution in [0, 0.1) is 5.92 Å². The van der Waals surface area contributed by atoms with Crippen molar-refractivity contribution >= 4 is 0 Å². The summed E-state index contributed by atoms with van der Waals surface area (Å²) < 4.78 is 0. The fourth-order valence-electron chi connectivity index (χ4n) is 1.59. The zero-order valence-corrected chi connectivity index (χ0v) is 9.65. The maximum absolute atomic E-state index is 9.15. The van der Waals surface area contributed by atoms with Crippen molar-refractivity contribution in [1.82, 2.24) is 0 Å². The Hall–Kier alpha value is -0.380. The third-order valence-corrected chi connectivity index (χ3v) is 2.62. The molecule has 1 unspecified atom stereocenters. The monoisotopic (exact) mass is 216 g/mol. The average molecular weight is 216 g/mol. The van der Waals surface area contributed by atoms with Crippen molar-refractivity contribution in [3.63, 3.8) is 0 Å². The molecule has 0 spiro atoms. The summed E-state index contributed by atoms with van der Waals surface area (Å²) in [7, 11) is 0. The Bertz CT molecular complexity index is 166. The summed E-state index contributed by atoms with van der Waals surface area (Å²) in [6.45, 7) is 2.19. The van der Waals surface area contributed by atoms with Crippen molar-refractivity contribution in [2.24, 2.45) is 5.92 Å². The minimum absolute atomic E-state index is 0.000725. The topological polar surface area (TPSA) is 60.7 Å². The number of aliphatic hydroxyl groups excluding tert-OH is 3. The van der Waals surface area contributed by atoms with Crippen LogP contribution < -0.4 is 0 Å². The molecule has 0 saturated carbocycles. The fraction of sp³-hybridized carbons (Fsp3) is 0.833. The summed E-state index contributed by atoms with van der Waals surface area (Å²) in [4.78, 5) is 0. The van der Waals surface area contributed by atoms with Gasteiger partial charge in [-0.3, -0.25) is 0 Å². The van der Waals surface area contributed by atoms with Gasteiger partial charge in [-0.15, -0.1) is 0 Å². The van der Waals surface area contributed by atoms with E-state index in [1.54, 1.807) is 0 Å². The van der Waals surface area contributed by atoms with Gasteiger partial charge in [0.05, 0.1) is 6.61 Å². The van der Waals surface area contributed by atoms with Gasteiger partial charge in [0.15, 0.2) is 0 Å². The highest BCUT2D eigenvalue weighted by Gasteiger charge is 2.11. The van der Waals surface area contributed by atoms with E-state index in [4.69, 9.17) is 15.3 Å². The molecule has 0 rings (SSSR count). The Morgan fingerprint density at radius 3 is 2.40 bits per heavy atom. The van der Waals surface area contributed by atoms with E-state index in [1.807, 2.05) is 6.08 Å². The van der Waals surface area contributed by atoms with Crippen molar-refractivity contribution in [3.8, 4) is 0 Å². The van der Waals surface area contributed by atoms with E-state index in [1.165, 1.54) is 12.8 Å². The lowest BCUT2D eigenvalue weighted by Gasteiger charge is -2.15. The molecule has 0 bridgehead atoms. The van der Waals surface area contributed by atoms with Gasteiger partial charge in [-0.25, -0.2) is 0 Å². The first-order valence-electron chi connectivity index (χ1n) is 5.81. The average Bonchev–Trinajstić information content (AvgIpc) is 2.27. The molecule has 3 N–H and O–H groups in total. The summed E-state index contributed by atoms with van der Waals surface area (Å²) in [5, 5.41) is 27.0. The van der Waals surface area contributed by atoms with Gasteiger partial charge in [0.1, 0.15) is 0 Å². The molecule has 3 heteroatoms. The molecule has 1 atom stereocenters. The van der Waals surface area contributed by atoms with Crippen molar-refractivity contribution in [2.75, 3.05) is 19.8 Å². The van der Waals surface area contributed by atoms with Crippen LogP contribution in [0.2, 0.25) is 0 Å². The van der Waals surface area contributed by atoms with Gasteiger partial charge >= 0.3 is 0 Å². The number of aliphatic hydroxyl groups is 3. The number of hydrogen-bond donors (Lipinski definition) is 3. The Morgan fingerprint density at radius 1 is 1.20 bits per heavy atom. The second kappa shape index (κ2) is 10.1. The van der Waals surface area contributed by atoms with E-state index in [0.717, 1.165) is 18.4 Å². The predicted octanol–water partition coefficient (Wildman–Crippen LogP) is 1.48. The first-order chi connectivity index (χ1) is 7.29. The number of unbranched alkanes of at least 4 members (excludes halogenated alkanes) is 3. The zero-order chi connectivity index (χ0) is 11.5.